The third kappa shape index (κ3) is 6.42. The van der Waals surface area contributed by atoms with Gasteiger partial charge in [-0.15, -0.1) is 0 Å². The number of piperidine rings is 1. The van der Waals surface area contributed by atoms with Crippen LogP contribution in [0.2, 0.25) is 5.02 Å². The fourth-order valence-corrected chi connectivity index (χ4v) is 3.83. The molecule has 1 aromatic rings. The van der Waals surface area contributed by atoms with Crippen molar-refractivity contribution in [3.8, 4) is 0 Å². The van der Waals surface area contributed by atoms with Gasteiger partial charge >= 0.3 is 0 Å². The third-order valence-corrected chi connectivity index (χ3v) is 5.27. The van der Waals surface area contributed by atoms with E-state index in [-0.39, 0.29) is 11.9 Å². The molecule has 0 aromatic heterocycles. The summed E-state index contributed by atoms with van der Waals surface area (Å²) in [5.41, 5.74) is 1.06. The highest BCUT2D eigenvalue weighted by atomic mass is 35.5. The van der Waals surface area contributed by atoms with Crippen LogP contribution in [0.4, 0.5) is 0 Å². The van der Waals surface area contributed by atoms with Gasteiger partial charge in [-0.2, -0.15) is 0 Å². The molecule has 24 heavy (non-hydrogen) atoms. The number of rotatable bonds is 7. The van der Waals surface area contributed by atoms with Crippen LogP contribution in [-0.2, 0) is 21.2 Å². The highest BCUT2D eigenvalue weighted by molar-refractivity contribution is 7.88. The molecule has 5 nitrogen and oxygen atoms in total. The predicted octanol–water partition coefficient (Wildman–Crippen LogP) is 2.59. The fraction of sp³-hybridized carbons (Fsp3) is 0.588. The summed E-state index contributed by atoms with van der Waals surface area (Å²) in [4.78, 5) is 14.5. The lowest BCUT2D eigenvalue weighted by atomic mass is 9.98. The highest BCUT2D eigenvalue weighted by Gasteiger charge is 2.26. The maximum absolute atomic E-state index is 12.6. The summed E-state index contributed by atoms with van der Waals surface area (Å²) in [5, 5.41) is 0.683. The lowest BCUT2D eigenvalue weighted by Gasteiger charge is -2.36. The number of hydrogen-bond donors (Lipinski definition) is 1. The van der Waals surface area contributed by atoms with E-state index >= 15 is 0 Å². The van der Waals surface area contributed by atoms with Crippen LogP contribution in [0, 0.1) is 0 Å². The molecule has 1 aromatic carbocycles. The van der Waals surface area contributed by atoms with Crippen molar-refractivity contribution in [2.45, 2.75) is 44.6 Å². The Morgan fingerprint density at radius 2 is 2.17 bits per heavy atom. The zero-order chi connectivity index (χ0) is 17.6. The summed E-state index contributed by atoms with van der Waals surface area (Å²) in [6.07, 6.45) is 5.98. The molecule has 1 N–H and O–H groups in total. The standard InChI is InChI=1S/C17H25ClN2O3S/c1-24(22,23)19-11-10-16-7-2-3-12-20(16)17(21)9-8-14-5-4-6-15(18)13-14/h4-6,13,16,19H,2-3,7-12H2,1H3. The lowest BCUT2D eigenvalue weighted by molar-refractivity contribution is -0.134. The molecule has 1 aliphatic heterocycles. The van der Waals surface area contributed by atoms with E-state index < -0.39 is 10.0 Å². The van der Waals surface area contributed by atoms with Gasteiger partial charge in [-0.3, -0.25) is 4.79 Å². The van der Waals surface area contributed by atoms with Gasteiger partial charge in [0.05, 0.1) is 6.26 Å². The van der Waals surface area contributed by atoms with E-state index in [9.17, 15) is 13.2 Å². The number of sulfonamides is 1. The minimum Gasteiger partial charge on any atom is -0.340 e. The van der Waals surface area contributed by atoms with Gasteiger partial charge in [0.2, 0.25) is 15.9 Å². The number of amides is 1. The predicted molar refractivity (Wildman–Crippen MR) is 96.6 cm³/mol. The van der Waals surface area contributed by atoms with E-state index in [0.29, 0.717) is 30.8 Å². The Labute approximate surface area is 149 Å². The minimum atomic E-state index is -3.18. The first-order chi connectivity index (χ1) is 11.3. The molecular weight excluding hydrogens is 348 g/mol. The van der Waals surface area contributed by atoms with Crippen molar-refractivity contribution in [1.29, 1.82) is 0 Å². The maximum Gasteiger partial charge on any atom is 0.223 e. The maximum atomic E-state index is 12.6. The van der Waals surface area contributed by atoms with Crippen LogP contribution in [-0.4, -0.2) is 44.6 Å². The zero-order valence-corrected chi connectivity index (χ0v) is 15.6. The first-order valence-corrected chi connectivity index (χ1v) is 10.6. The van der Waals surface area contributed by atoms with Crippen molar-refractivity contribution >= 4 is 27.5 Å². The smallest absolute Gasteiger partial charge is 0.223 e. The second-order valence-corrected chi connectivity index (χ2v) is 8.59. The van der Waals surface area contributed by atoms with Gasteiger partial charge in [0, 0.05) is 30.6 Å². The molecule has 0 aliphatic carbocycles. The van der Waals surface area contributed by atoms with Gasteiger partial charge in [-0.25, -0.2) is 13.1 Å². The summed E-state index contributed by atoms with van der Waals surface area (Å²) in [5.74, 6) is 0.138. The van der Waals surface area contributed by atoms with Crippen molar-refractivity contribution in [2.75, 3.05) is 19.3 Å². The molecule has 1 heterocycles. The molecular formula is C17H25ClN2O3S. The average molecular weight is 373 g/mol. The lowest BCUT2D eigenvalue weighted by Crippen LogP contribution is -2.45. The number of nitrogens with one attached hydrogen (secondary N) is 1. The molecule has 0 radical (unpaired) electrons. The Bertz CT molecular complexity index is 664. The second kappa shape index (κ2) is 8.83. The largest absolute Gasteiger partial charge is 0.340 e. The number of carbonyl (C=O) groups excluding carboxylic acids is 1. The van der Waals surface area contributed by atoms with Crippen LogP contribution in [0.5, 0.6) is 0 Å². The molecule has 0 saturated carbocycles. The second-order valence-electron chi connectivity index (χ2n) is 6.32. The van der Waals surface area contributed by atoms with Gasteiger partial charge in [-0.1, -0.05) is 23.7 Å². The minimum absolute atomic E-state index is 0.125. The number of aryl methyl sites for hydroxylation is 1. The van der Waals surface area contributed by atoms with Crippen molar-refractivity contribution in [2.24, 2.45) is 0 Å². The van der Waals surface area contributed by atoms with E-state index in [1.165, 1.54) is 0 Å². The van der Waals surface area contributed by atoms with E-state index in [1.807, 2.05) is 29.2 Å². The van der Waals surface area contributed by atoms with Crippen molar-refractivity contribution < 1.29 is 13.2 Å². The molecule has 1 atom stereocenters. The molecule has 0 spiro atoms. The first kappa shape index (κ1) is 19.2. The summed E-state index contributed by atoms with van der Waals surface area (Å²) in [7, 11) is -3.18. The quantitative estimate of drug-likeness (QED) is 0.800. The molecule has 1 amide bonds. The fourth-order valence-electron chi connectivity index (χ4n) is 3.13. The molecule has 2 rings (SSSR count). The topological polar surface area (TPSA) is 66.5 Å². The number of likely N-dealkylation sites (tertiary alicyclic amines) is 1. The SMILES string of the molecule is CS(=O)(=O)NCCC1CCCCN1C(=O)CCc1cccc(Cl)c1. The molecule has 134 valence electrons. The van der Waals surface area contributed by atoms with Crippen LogP contribution in [0.25, 0.3) is 0 Å². The van der Waals surface area contributed by atoms with Crippen LogP contribution in [0.1, 0.15) is 37.7 Å². The number of halogens is 1. The molecule has 1 saturated heterocycles. The third-order valence-electron chi connectivity index (χ3n) is 4.31. The molecule has 0 bridgehead atoms. The van der Waals surface area contributed by atoms with Crippen LogP contribution in [0.15, 0.2) is 24.3 Å². The Balaban J connectivity index is 1.87. The number of hydrogen-bond acceptors (Lipinski definition) is 3. The number of nitrogens with zero attached hydrogens (tertiary/aromatic N) is 1. The van der Waals surface area contributed by atoms with Gasteiger partial charge in [0.25, 0.3) is 0 Å². The van der Waals surface area contributed by atoms with Gasteiger partial charge in [0.15, 0.2) is 0 Å². The van der Waals surface area contributed by atoms with Crippen molar-refractivity contribution in [1.82, 2.24) is 9.62 Å². The summed E-state index contributed by atoms with van der Waals surface area (Å²) < 4.78 is 24.9. The van der Waals surface area contributed by atoms with E-state index in [1.54, 1.807) is 0 Å². The molecule has 7 heteroatoms. The van der Waals surface area contributed by atoms with Crippen LogP contribution >= 0.6 is 11.6 Å². The summed E-state index contributed by atoms with van der Waals surface area (Å²) in [6.45, 7) is 1.14. The zero-order valence-electron chi connectivity index (χ0n) is 14.0. The average Bonchev–Trinajstić information content (AvgIpc) is 2.52. The summed E-state index contributed by atoms with van der Waals surface area (Å²) >= 11 is 5.97. The van der Waals surface area contributed by atoms with E-state index in [2.05, 4.69) is 4.72 Å². The van der Waals surface area contributed by atoms with Crippen molar-refractivity contribution in [3.63, 3.8) is 0 Å². The van der Waals surface area contributed by atoms with E-state index in [0.717, 1.165) is 37.6 Å². The summed E-state index contributed by atoms with van der Waals surface area (Å²) in [6, 6.07) is 7.70. The van der Waals surface area contributed by atoms with Gasteiger partial charge < -0.3 is 4.90 Å². The molecule has 1 fully saturated rings. The Morgan fingerprint density at radius 3 is 2.88 bits per heavy atom. The van der Waals surface area contributed by atoms with Crippen LogP contribution in [0.3, 0.4) is 0 Å². The Morgan fingerprint density at radius 1 is 1.38 bits per heavy atom. The Kier molecular flexibility index (Phi) is 7.07. The van der Waals surface area contributed by atoms with Crippen molar-refractivity contribution in [3.05, 3.63) is 34.9 Å². The Hall–Kier alpha value is -1.11. The number of benzene rings is 1. The first-order valence-electron chi connectivity index (χ1n) is 8.34. The number of carbonyl (C=O) groups is 1. The van der Waals surface area contributed by atoms with E-state index in [4.69, 9.17) is 11.6 Å². The normalized spacial score (nSPS) is 18.6. The molecule has 1 aliphatic rings. The highest BCUT2D eigenvalue weighted by Crippen LogP contribution is 2.21. The van der Waals surface area contributed by atoms with Crippen LogP contribution < -0.4 is 4.72 Å². The van der Waals surface area contributed by atoms with Gasteiger partial charge in [-0.05, 0) is 49.8 Å². The molecule has 1 unspecified atom stereocenters. The monoisotopic (exact) mass is 372 g/mol. The van der Waals surface area contributed by atoms with Gasteiger partial charge in [0.1, 0.15) is 0 Å².